The van der Waals surface area contributed by atoms with E-state index in [1.807, 2.05) is 11.8 Å². The summed E-state index contributed by atoms with van der Waals surface area (Å²) in [5.74, 6) is 1.58. The lowest BCUT2D eigenvalue weighted by Crippen LogP contribution is -2.51. The third-order valence-electron chi connectivity index (χ3n) is 5.16. The third-order valence-corrected chi connectivity index (χ3v) is 5.16. The Balaban J connectivity index is 1.62. The molecule has 3 atom stereocenters. The third kappa shape index (κ3) is 2.16. The maximum atomic E-state index is 12.5. The predicted octanol–water partition coefficient (Wildman–Crippen LogP) is 0.748. The van der Waals surface area contributed by atoms with E-state index < -0.39 is 5.60 Å². The van der Waals surface area contributed by atoms with E-state index in [2.05, 4.69) is 5.32 Å². The number of likely N-dealkylation sites (tertiary alicyclic amines) is 1. The molecule has 0 aromatic carbocycles. The number of nitrogens with zero attached hydrogens (tertiary/aromatic N) is 1. The van der Waals surface area contributed by atoms with Crippen LogP contribution in [-0.4, -0.2) is 47.2 Å². The number of amides is 1. The van der Waals surface area contributed by atoms with Crippen LogP contribution in [0.25, 0.3) is 0 Å². The van der Waals surface area contributed by atoms with Crippen molar-refractivity contribution in [2.24, 2.45) is 11.8 Å². The van der Waals surface area contributed by atoms with Gasteiger partial charge in [-0.25, -0.2) is 0 Å². The van der Waals surface area contributed by atoms with E-state index >= 15 is 0 Å². The van der Waals surface area contributed by atoms with Gasteiger partial charge in [-0.1, -0.05) is 6.42 Å². The van der Waals surface area contributed by atoms with Crippen LogP contribution in [0.4, 0.5) is 0 Å². The number of nitrogens with one attached hydrogen (secondary N) is 1. The number of hydrogen-bond acceptors (Lipinski definition) is 3. The van der Waals surface area contributed by atoms with Crippen molar-refractivity contribution in [1.82, 2.24) is 10.2 Å². The topological polar surface area (TPSA) is 52.6 Å². The van der Waals surface area contributed by atoms with Crippen molar-refractivity contribution in [3.63, 3.8) is 0 Å². The van der Waals surface area contributed by atoms with Crippen LogP contribution in [0.5, 0.6) is 0 Å². The van der Waals surface area contributed by atoms with Crippen molar-refractivity contribution >= 4 is 5.91 Å². The quantitative estimate of drug-likeness (QED) is 0.724. The van der Waals surface area contributed by atoms with E-state index in [0.717, 1.165) is 12.5 Å². The van der Waals surface area contributed by atoms with Crippen molar-refractivity contribution in [2.45, 2.75) is 50.7 Å². The van der Waals surface area contributed by atoms with Gasteiger partial charge in [-0.2, -0.15) is 0 Å². The molecule has 0 bridgehead atoms. The molecule has 2 saturated heterocycles. The van der Waals surface area contributed by atoms with Gasteiger partial charge in [0, 0.05) is 13.1 Å². The van der Waals surface area contributed by atoms with Crippen molar-refractivity contribution in [2.75, 3.05) is 19.6 Å². The molecule has 2 N–H and O–H groups in total. The Morgan fingerprint density at radius 3 is 2.78 bits per heavy atom. The molecule has 3 rings (SSSR count). The smallest absolute Gasteiger partial charge is 0.240 e. The summed E-state index contributed by atoms with van der Waals surface area (Å²) in [6.07, 6.45) is 5.20. The molecular weight excluding hydrogens is 228 g/mol. The number of carbonyl (C=O) groups is 1. The highest BCUT2D eigenvalue weighted by atomic mass is 16.3. The average molecular weight is 252 g/mol. The first kappa shape index (κ1) is 12.4. The molecule has 4 heteroatoms. The van der Waals surface area contributed by atoms with E-state index in [-0.39, 0.29) is 11.9 Å². The molecule has 1 amide bonds. The van der Waals surface area contributed by atoms with E-state index in [1.54, 1.807) is 0 Å². The molecule has 1 saturated carbocycles. The highest BCUT2D eigenvalue weighted by Gasteiger charge is 2.44. The van der Waals surface area contributed by atoms with Gasteiger partial charge in [-0.3, -0.25) is 4.79 Å². The molecule has 0 aromatic rings. The minimum atomic E-state index is -0.574. The molecule has 1 aliphatic carbocycles. The van der Waals surface area contributed by atoms with Gasteiger partial charge in [0.15, 0.2) is 0 Å². The Kier molecular flexibility index (Phi) is 3.10. The summed E-state index contributed by atoms with van der Waals surface area (Å²) in [5.41, 5.74) is -0.574. The van der Waals surface area contributed by atoms with Crippen LogP contribution in [0.1, 0.15) is 39.0 Å². The molecular formula is C14H24N2O2. The Morgan fingerprint density at radius 2 is 2.06 bits per heavy atom. The van der Waals surface area contributed by atoms with Gasteiger partial charge in [0.25, 0.3) is 0 Å². The predicted molar refractivity (Wildman–Crippen MR) is 69.1 cm³/mol. The summed E-state index contributed by atoms with van der Waals surface area (Å²) in [7, 11) is 0. The van der Waals surface area contributed by atoms with Crippen molar-refractivity contribution in [3.05, 3.63) is 0 Å². The molecule has 3 aliphatic rings. The normalized spacial score (nSPS) is 38.8. The summed E-state index contributed by atoms with van der Waals surface area (Å²) in [6.45, 7) is 4.31. The van der Waals surface area contributed by atoms with Gasteiger partial charge in [0.1, 0.15) is 0 Å². The molecule has 0 aromatic heterocycles. The highest BCUT2D eigenvalue weighted by molar-refractivity contribution is 5.82. The zero-order valence-electron chi connectivity index (χ0n) is 11.2. The average Bonchev–Trinajstić information content (AvgIpc) is 2.89. The Labute approximate surface area is 109 Å². The van der Waals surface area contributed by atoms with Gasteiger partial charge < -0.3 is 15.3 Å². The molecule has 3 fully saturated rings. The summed E-state index contributed by atoms with van der Waals surface area (Å²) in [4.78, 5) is 14.5. The van der Waals surface area contributed by atoms with E-state index in [0.29, 0.717) is 31.8 Å². The van der Waals surface area contributed by atoms with Crippen LogP contribution >= 0.6 is 0 Å². The Bertz CT molecular complexity index is 333. The van der Waals surface area contributed by atoms with E-state index in [4.69, 9.17) is 0 Å². The van der Waals surface area contributed by atoms with Crippen LogP contribution in [0.15, 0.2) is 0 Å². The van der Waals surface area contributed by atoms with E-state index in [1.165, 1.54) is 19.3 Å². The number of hydrogen-bond donors (Lipinski definition) is 2. The first-order chi connectivity index (χ1) is 8.57. The second-order valence-corrected chi connectivity index (χ2v) is 6.56. The standard InChI is InChI=1S/C14H24N2O2/c1-14(18)5-7-16(8-6-14)13(17)12-11-4-2-3-10(11)9-15-12/h10-12,15,18H,2-9H2,1H3. The summed E-state index contributed by atoms with van der Waals surface area (Å²) < 4.78 is 0. The van der Waals surface area contributed by atoms with Crippen molar-refractivity contribution < 1.29 is 9.90 Å². The zero-order chi connectivity index (χ0) is 12.8. The van der Waals surface area contributed by atoms with Crippen LogP contribution in [0, 0.1) is 11.8 Å². The minimum Gasteiger partial charge on any atom is -0.390 e. The lowest BCUT2D eigenvalue weighted by atomic mass is 9.90. The van der Waals surface area contributed by atoms with Gasteiger partial charge in [-0.05, 0) is 51.0 Å². The molecule has 4 nitrogen and oxygen atoms in total. The minimum absolute atomic E-state index is 0.0561. The van der Waals surface area contributed by atoms with Crippen molar-refractivity contribution in [3.8, 4) is 0 Å². The molecule has 2 heterocycles. The number of aliphatic hydroxyl groups is 1. The Morgan fingerprint density at radius 1 is 1.33 bits per heavy atom. The van der Waals surface area contributed by atoms with Gasteiger partial charge >= 0.3 is 0 Å². The summed E-state index contributed by atoms with van der Waals surface area (Å²) in [5, 5.41) is 13.4. The number of carbonyl (C=O) groups excluding carboxylic acids is 1. The van der Waals surface area contributed by atoms with Crippen molar-refractivity contribution in [1.29, 1.82) is 0 Å². The van der Waals surface area contributed by atoms with Gasteiger partial charge in [-0.15, -0.1) is 0 Å². The molecule has 0 spiro atoms. The fourth-order valence-electron chi connectivity index (χ4n) is 3.86. The lowest BCUT2D eigenvalue weighted by molar-refractivity contribution is -0.137. The summed E-state index contributed by atoms with van der Waals surface area (Å²) in [6, 6.07) is 0.0561. The molecule has 3 unspecified atom stereocenters. The fraction of sp³-hybridized carbons (Fsp3) is 0.929. The second kappa shape index (κ2) is 4.49. The maximum Gasteiger partial charge on any atom is 0.240 e. The largest absolute Gasteiger partial charge is 0.390 e. The van der Waals surface area contributed by atoms with Crippen LogP contribution in [0.3, 0.4) is 0 Å². The first-order valence-electron chi connectivity index (χ1n) is 7.31. The fourth-order valence-corrected chi connectivity index (χ4v) is 3.86. The lowest BCUT2D eigenvalue weighted by Gasteiger charge is -2.37. The SMILES string of the molecule is CC1(O)CCN(C(=O)C2NCC3CCCC32)CC1. The monoisotopic (exact) mass is 252 g/mol. The molecule has 102 valence electrons. The number of fused-ring (bicyclic) bond motifs is 1. The second-order valence-electron chi connectivity index (χ2n) is 6.56. The highest BCUT2D eigenvalue weighted by Crippen LogP contribution is 2.38. The van der Waals surface area contributed by atoms with Gasteiger partial charge in [0.05, 0.1) is 11.6 Å². The summed E-state index contributed by atoms with van der Waals surface area (Å²) >= 11 is 0. The van der Waals surface area contributed by atoms with Crippen LogP contribution in [-0.2, 0) is 4.79 Å². The maximum absolute atomic E-state index is 12.5. The molecule has 0 radical (unpaired) electrons. The van der Waals surface area contributed by atoms with Gasteiger partial charge in [0.2, 0.25) is 5.91 Å². The van der Waals surface area contributed by atoms with Crippen LogP contribution < -0.4 is 5.32 Å². The zero-order valence-corrected chi connectivity index (χ0v) is 11.2. The number of piperidine rings is 1. The molecule has 18 heavy (non-hydrogen) atoms. The molecule has 2 aliphatic heterocycles. The van der Waals surface area contributed by atoms with Crippen LogP contribution in [0.2, 0.25) is 0 Å². The first-order valence-corrected chi connectivity index (χ1v) is 7.31. The Hall–Kier alpha value is -0.610. The number of rotatable bonds is 1. The van der Waals surface area contributed by atoms with E-state index in [9.17, 15) is 9.90 Å².